The summed E-state index contributed by atoms with van der Waals surface area (Å²) in [5.74, 6) is 1.46. The van der Waals surface area contributed by atoms with E-state index in [9.17, 15) is 4.79 Å². The molecule has 1 aliphatic rings. The van der Waals surface area contributed by atoms with Gasteiger partial charge < -0.3 is 9.47 Å². The molecule has 0 aromatic heterocycles. The molecule has 6 heteroatoms. The summed E-state index contributed by atoms with van der Waals surface area (Å²) in [6.45, 7) is 7.54. The molecule has 0 bridgehead atoms. The van der Waals surface area contributed by atoms with Gasteiger partial charge in [-0.2, -0.15) is 0 Å². The zero-order valence-electron chi connectivity index (χ0n) is 13.8. The maximum absolute atomic E-state index is 12.4. The molecule has 0 aliphatic carbocycles. The van der Waals surface area contributed by atoms with Crippen molar-refractivity contribution in [3.05, 3.63) is 29.8 Å². The van der Waals surface area contributed by atoms with E-state index in [-0.39, 0.29) is 6.09 Å². The predicted octanol–water partition coefficient (Wildman–Crippen LogP) is 3.85. The highest BCUT2D eigenvalue weighted by molar-refractivity contribution is 9.09. The third-order valence-corrected chi connectivity index (χ3v) is 3.45. The van der Waals surface area contributed by atoms with Crippen molar-refractivity contribution in [3.63, 3.8) is 0 Å². The van der Waals surface area contributed by atoms with Crippen molar-refractivity contribution in [2.75, 3.05) is 25.0 Å². The number of aliphatic imine (C=N–C) groups is 1. The zero-order chi connectivity index (χ0) is 16.9. The highest BCUT2D eigenvalue weighted by atomic mass is 79.9. The summed E-state index contributed by atoms with van der Waals surface area (Å²) in [5.41, 5.74) is 0.370. The number of hydrogen-bond acceptors (Lipinski definition) is 4. The summed E-state index contributed by atoms with van der Waals surface area (Å²) in [4.78, 5) is 18.5. The largest absolute Gasteiger partial charge is 0.493 e. The second-order valence-corrected chi connectivity index (χ2v) is 7.05. The summed E-state index contributed by atoms with van der Waals surface area (Å²) in [7, 11) is 0. The number of rotatable bonds is 4. The summed E-state index contributed by atoms with van der Waals surface area (Å²) in [6.07, 6.45) is 0.491. The Bertz CT molecular complexity index is 564. The number of amidine groups is 1. The van der Waals surface area contributed by atoms with Gasteiger partial charge in [0.05, 0.1) is 6.61 Å². The molecule has 1 aliphatic heterocycles. The molecule has 1 aromatic rings. The fourth-order valence-electron chi connectivity index (χ4n) is 2.20. The van der Waals surface area contributed by atoms with Crippen LogP contribution in [-0.2, 0) is 4.74 Å². The van der Waals surface area contributed by atoms with E-state index in [1.807, 2.05) is 45.0 Å². The van der Waals surface area contributed by atoms with Crippen LogP contribution in [0, 0.1) is 0 Å². The molecule has 2 rings (SSSR count). The van der Waals surface area contributed by atoms with Gasteiger partial charge in [-0.1, -0.05) is 15.9 Å². The van der Waals surface area contributed by atoms with Crippen LogP contribution in [-0.4, -0.2) is 47.5 Å². The monoisotopic (exact) mass is 382 g/mol. The molecule has 1 aromatic carbocycles. The van der Waals surface area contributed by atoms with Crippen molar-refractivity contribution in [1.82, 2.24) is 4.90 Å². The normalized spacial score (nSPS) is 15.1. The maximum atomic E-state index is 12.4. The van der Waals surface area contributed by atoms with E-state index in [4.69, 9.17) is 9.47 Å². The SMILES string of the molecule is CC(C)(C)OC(=O)N1CCCN=C1c1ccc(OCCBr)cc1. The van der Waals surface area contributed by atoms with Crippen LogP contribution in [0.1, 0.15) is 32.8 Å². The number of carbonyl (C=O) groups is 1. The van der Waals surface area contributed by atoms with Crippen LogP contribution < -0.4 is 4.74 Å². The third-order valence-electron chi connectivity index (χ3n) is 3.13. The van der Waals surface area contributed by atoms with Gasteiger partial charge in [-0.05, 0) is 51.5 Å². The van der Waals surface area contributed by atoms with Gasteiger partial charge in [0.15, 0.2) is 0 Å². The summed E-state index contributed by atoms with van der Waals surface area (Å²) in [6, 6.07) is 7.63. The van der Waals surface area contributed by atoms with Crippen LogP contribution in [0.5, 0.6) is 5.75 Å². The lowest BCUT2D eigenvalue weighted by molar-refractivity contribution is 0.0364. The maximum Gasteiger partial charge on any atom is 0.416 e. The first-order chi connectivity index (χ1) is 10.9. The lowest BCUT2D eigenvalue weighted by atomic mass is 10.1. The molecule has 0 saturated heterocycles. The molecule has 1 amide bonds. The van der Waals surface area contributed by atoms with Crippen molar-refractivity contribution in [2.45, 2.75) is 32.8 Å². The van der Waals surface area contributed by atoms with Crippen LogP contribution in [0.15, 0.2) is 29.3 Å². The Morgan fingerprint density at radius 3 is 2.61 bits per heavy atom. The molecule has 0 spiro atoms. The Balaban J connectivity index is 2.15. The number of alkyl halides is 1. The molecule has 0 unspecified atom stereocenters. The highest BCUT2D eigenvalue weighted by Crippen LogP contribution is 2.19. The number of benzene rings is 1. The Morgan fingerprint density at radius 1 is 1.30 bits per heavy atom. The lowest BCUT2D eigenvalue weighted by Gasteiger charge is -2.30. The van der Waals surface area contributed by atoms with E-state index in [1.54, 1.807) is 4.90 Å². The van der Waals surface area contributed by atoms with Gasteiger partial charge in [0, 0.05) is 24.0 Å². The molecule has 0 radical (unpaired) electrons. The van der Waals surface area contributed by atoms with Crippen molar-refractivity contribution in [2.24, 2.45) is 4.99 Å². The van der Waals surface area contributed by atoms with E-state index in [0.717, 1.165) is 29.6 Å². The highest BCUT2D eigenvalue weighted by Gasteiger charge is 2.28. The van der Waals surface area contributed by atoms with Crippen molar-refractivity contribution < 1.29 is 14.3 Å². The first-order valence-electron chi connectivity index (χ1n) is 7.75. The molecule has 0 atom stereocenters. The lowest BCUT2D eigenvalue weighted by Crippen LogP contribution is -2.44. The second-order valence-electron chi connectivity index (χ2n) is 6.25. The number of ether oxygens (including phenoxy) is 2. The van der Waals surface area contributed by atoms with Crippen LogP contribution in [0.4, 0.5) is 4.79 Å². The minimum absolute atomic E-state index is 0.351. The first-order valence-corrected chi connectivity index (χ1v) is 8.87. The van der Waals surface area contributed by atoms with Gasteiger partial charge in [0.25, 0.3) is 0 Å². The Morgan fingerprint density at radius 2 is 2.00 bits per heavy atom. The average molecular weight is 383 g/mol. The van der Waals surface area contributed by atoms with Crippen LogP contribution in [0.2, 0.25) is 0 Å². The second kappa shape index (κ2) is 7.81. The number of nitrogens with zero attached hydrogens (tertiary/aromatic N) is 2. The van der Waals surface area contributed by atoms with Gasteiger partial charge in [0.2, 0.25) is 0 Å². The van der Waals surface area contributed by atoms with E-state index in [1.165, 1.54) is 0 Å². The molecule has 1 heterocycles. The molecule has 126 valence electrons. The van der Waals surface area contributed by atoms with E-state index >= 15 is 0 Å². The Labute approximate surface area is 145 Å². The van der Waals surface area contributed by atoms with Gasteiger partial charge in [-0.15, -0.1) is 0 Å². The fourth-order valence-corrected chi connectivity index (χ4v) is 2.37. The Kier molecular flexibility index (Phi) is 6.04. The van der Waals surface area contributed by atoms with Gasteiger partial charge in [0.1, 0.15) is 17.2 Å². The molecular formula is C17H23BrN2O3. The van der Waals surface area contributed by atoms with Crippen LogP contribution >= 0.6 is 15.9 Å². The molecule has 5 nitrogen and oxygen atoms in total. The summed E-state index contributed by atoms with van der Waals surface area (Å²) in [5, 5.41) is 0.786. The predicted molar refractivity (Wildman–Crippen MR) is 94.7 cm³/mol. The molecular weight excluding hydrogens is 360 g/mol. The molecule has 23 heavy (non-hydrogen) atoms. The number of halogens is 1. The van der Waals surface area contributed by atoms with Crippen LogP contribution in [0.3, 0.4) is 0 Å². The van der Waals surface area contributed by atoms with Gasteiger partial charge in [-0.3, -0.25) is 9.89 Å². The third kappa shape index (κ3) is 5.23. The minimum Gasteiger partial charge on any atom is -0.493 e. The number of amides is 1. The van der Waals surface area contributed by atoms with Crippen molar-refractivity contribution in [3.8, 4) is 5.75 Å². The van der Waals surface area contributed by atoms with E-state index in [0.29, 0.717) is 19.0 Å². The number of carbonyl (C=O) groups excluding carboxylic acids is 1. The zero-order valence-corrected chi connectivity index (χ0v) is 15.4. The molecule has 0 N–H and O–H groups in total. The average Bonchev–Trinajstić information content (AvgIpc) is 2.52. The summed E-state index contributed by atoms with van der Waals surface area (Å²) >= 11 is 3.33. The quantitative estimate of drug-likeness (QED) is 0.743. The van der Waals surface area contributed by atoms with Gasteiger partial charge >= 0.3 is 6.09 Å². The fraction of sp³-hybridized carbons (Fsp3) is 0.529. The van der Waals surface area contributed by atoms with E-state index < -0.39 is 5.60 Å². The Hall–Kier alpha value is -1.56. The van der Waals surface area contributed by atoms with Crippen molar-refractivity contribution >= 4 is 27.9 Å². The standard InChI is InChI=1S/C17H23BrN2O3/c1-17(2,3)23-16(21)20-11-4-10-19-15(20)13-5-7-14(8-6-13)22-12-9-18/h5-8H,4,9-12H2,1-3H3. The smallest absolute Gasteiger partial charge is 0.416 e. The van der Waals surface area contributed by atoms with Crippen LogP contribution in [0.25, 0.3) is 0 Å². The topological polar surface area (TPSA) is 51.1 Å². The van der Waals surface area contributed by atoms with Gasteiger partial charge in [-0.25, -0.2) is 4.79 Å². The minimum atomic E-state index is -0.521. The molecule has 0 fully saturated rings. The summed E-state index contributed by atoms with van der Waals surface area (Å²) < 4.78 is 11.0. The molecule has 0 saturated carbocycles. The van der Waals surface area contributed by atoms with Crippen molar-refractivity contribution in [1.29, 1.82) is 0 Å². The number of hydrogen-bond donors (Lipinski definition) is 0. The first kappa shape index (κ1) is 17.8. The van der Waals surface area contributed by atoms with E-state index in [2.05, 4.69) is 20.9 Å².